The monoisotopic (exact) mass is 375 g/mol. The van der Waals surface area contributed by atoms with E-state index in [9.17, 15) is 13.2 Å². The molecule has 0 unspecified atom stereocenters. The van der Waals surface area contributed by atoms with Crippen LogP contribution in [0.5, 0.6) is 0 Å². The summed E-state index contributed by atoms with van der Waals surface area (Å²) >= 11 is 0. The lowest BCUT2D eigenvalue weighted by molar-refractivity contribution is -0.123. The molecule has 1 heterocycles. The third kappa shape index (κ3) is 6.93. The van der Waals surface area contributed by atoms with E-state index in [-0.39, 0.29) is 17.6 Å². The van der Waals surface area contributed by atoms with Crippen LogP contribution in [0.3, 0.4) is 0 Å². The Morgan fingerprint density at radius 2 is 1.77 bits per heavy atom. The maximum Gasteiger partial charge on any atom is 0.238 e. The van der Waals surface area contributed by atoms with Crippen LogP contribution in [0, 0.1) is 5.92 Å². The van der Waals surface area contributed by atoms with E-state index in [1.807, 2.05) is 26.0 Å². The van der Waals surface area contributed by atoms with Crippen molar-refractivity contribution < 1.29 is 13.2 Å². The average molecular weight is 375 g/mol. The number of rotatable bonds is 9. The van der Waals surface area contributed by atoms with Gasteiger partial charge in [0.15, 0.2) is 0 Å². The Morgan fingerprint density at radius 1 is 1.08 bits per heavy atom. The molecular formula is C19H25N3O3S. The van der Waals surface area contributed by atoms with E-state index in [2.05, 4.69) is 15.0 Å². The topological polar surface area (TPSA) is 88.2 Å². The standard InChI is InChI=1S/C19H25N3O3S/c1-15(2)11-18(19(23)21-13-17-9-6-10-20-12-17)22-26(24,25)14-16-7-4-3-5-8-16/h3-10,12,15,18,22H,11,13-14H2,1-2H3,(H,21,23)/t18-/m1/s1. The van der Waals surface area contributed by atoms with Gasteiger partial charge in [-0.15, -0.1) is 0 Å². The summed E-state index contributed by atoms with van der Waals surface area (Å²) in [4.78, 5) is 16.5. The van der Waals surface area contributed by atoms with Crippen molar-refractivity contribution in [2.75, 3.05) is 0 Å². The van der Waals surface area contributed by atoms with Crippen LogP contribution in [0.15, 0.2) is 54.9 Å². The first-order chi connectivity index (χ1) is 12.4. The van der Waals surface area contributed by atoms with Gasteiger partial charge in [-0.2, -0.15) is 0 Å². The lowest BCUT2D eigenvalue weighted by atomic mass is 10.0. The smallest absolute Gasteiger partial charge is 0.238 e. The molecule has 2 aromatic rings. The Kier molecular flexibility index (Phi) is 7.29. The molecule has 2 N–H and O–H groups in total. The van der Waals surface area contributed by atoms with Crippen molar-refractivity contribution in [2.24, 2.45) is 5.92 Å². The third-order valence-corrected chi connectivity index (χ3v) is 5.09. The Labute approximate surface area is 155 Å². The van der Waals surface area contributed by atoms with Crippen molar-refractivity contribution in [2.45, 2.75) is 38.6 Å². The van der Waals surface area contributed by atoms with Gasteiger partial charge in [-0.1, -0.05) is 50.2 Å². The zero-order chi connectivity index (χ0) is 19.0. The van der Waals surface area contributed by atoms with Crippen LogP contribution in [0.2, 0.25) is 0 Å². The number of hydrogen-bond acceptors (Lipinski definition) is 4. The maximum absolute atomic E-state index is 12.5. The first-order valence-corrected chi connectivity index (χ1v) is 10.2. The van der Waals surface area contributed by atoms with Crippen molar-refractivity contribution in [1.82, 2.24) is 15.0 Å². The molecular weight excluding hydrogens is 350 g/mol. The number of aromatic nitrogens is 1. The molecule has 6 nitrogen and oxygen atoms in total. The van der Waals surface area contributed by atoms with Gasteiger partial charge in [-0.05, 0) is 29.5 Å². The molecule has 0 aliphatic rings. The van der Waals surface area contributed by atoms with Crippen molar-refractivity contribution in [3.8, 4) is 0 Å². The molecule has 0 bridgehead atoms. The van der Waals surface area contributed by atoms with Crippen LogP contribution in [0.1, 0.15) is 31.4 Å². The third-order valence-electron chi connectivity index (χ3n) is 3.73. The van der Waals surface area contributed by atoms with Crippen molar-refractivity contribution in [1.29, 1.82) is 0 Å². The van der Waals surface area contributed by atoms with Crippen LogP contribution >= 0.6 is 0 Å². The van der Waals surface area contributed by atoms with E-state index < -0.39 is 16.1 Å². The SMILES string of the molecule is CC(C)C[C@@H](NS(=O)(=O)Cc1ccccc1)C(=O)NCc1cccnc1. The highest BCUT2D eigenvalue weighted by molar-refractivity contribution is 7.88. The Morgan fingerprint density at radius 3 is 2.38 bits per heavy atom. The summed E-state index contributed by atoms with van der Waals surface area (Å²) in [5.74, 6) is -0.319. The van der Waals surface area contributed by atoms with Crippen molar-refractivity contribution in [3.63, 3.8) is 0 Å². The summed E-state index contributed by atoms with van der Waals surface area (Å²) < 4.78 is 27.5. The number of hydrogen-bond donors (Lipinski definition) is 2. The molecule has 7 heteroatoms. The molecule has 1 atom stereocenters. The van der Waals surface area contributed by atoms with E-state index in [1.54, 1.807) is 42.7 Å². The average Bonchev–Trinajstić information content (AvgIpc) is 2.60. The minimum Gasteiger partial charge on any atom is -0.351 e. The van der Waals surface area contributed by atoms with E-state index in [1.165, 1.54) is 0 Å². The highest BCUT2D eigenvalue weighted by Gasteiger charge is 2.25. The van der Waals surface area contributed by atoms with Gasteiger partial charge < -0.3 is 5.32 Å². The molecule has 0 saturated heterocycles. The Balaban J connectivity index is 2.02. The first kappa shape index (κ1) is 20.1. The number of amides is 1. The number of nitrogens with zero attached hydrogens (tertiary/aromatic N) is 1. The van der Waals surface area contributed by atoms with E-state index in [4.69, 9.17) is 0 Å². The van der Waals surface area contributed by atoms with Crippen LogP contribution in [-0.2, 0) is 27.1 Å². The van der Waals surface area contributed by atoms with Gasteiger partial charge in [0.25, 0.3) is 0 Å². The van der Waals surface area contributed by atoms with Gasteiger partial charge in [0.05, 0.1) is 5.75 Å². The summed E-state index contributed by atoms with van der Waals surface area (Å²) in [7, 11) is -3.63. The van der Waals surface area contributed by atoms with Crippen LogP contribution < -0.4 is 10.0 Å². The van der Waals surface area contributed by atoms with Gasteiger partial charge >= 0.3 is 0 Å². The number of carbonyl (C=O) groups excluding carboxylic acids is 1. The van der Waals surface area contributed by atoms with Gasteiger partial charge in [0.1, 0.15) is 6.04 Å². The molecule has 0 radical (unpaired) electrons. The second-order valence-corrected chi connectivity index (χ2v) is 8.38. The van der Waals surface area contributed by atoms with Gasteiger partial charge in [-0.25, -0.2) is 13.1 Å². The number of sulfonamides is 1. The quantitative estimate of drug-likeness (QED) is 0.703. The second kappa shape index (κ2) is 9.45. The summed E-state index contributed by atoms with van der Waals surface area (Å²) in [6, 6.07) is 11.7. The summed E-state index contributed by atoms with van der Waals surface area (Å²) in [5.41, 5.74) is 1.54. The molecule has 1 aromatic carbocycles. The van der Waals surface area contributed by atoms with Crippen LogP contribution in [0.4, 0.5) is 0 Å². The summed E-state index contributed by atoms with van der Waals surface area (Å²) in [6.07, 6.45) is 3.74. The predicted molar refractivity (Wildman–Crippen MR) is 102 cm³/mol. The van der Waals surface area contributed by atoms with Crippen LogP contribution in [-0.4, -0.2) is 25.4 Å². The largest absolute Gasteiger partial charge is 0.351 e. The number of carbonyl (C=O) groups is 1. The molecule has 0 saturated carbocycles. The Hall–Kier alpha value is -2.25. The predicted octanol–water partition coefficient (Wildman–Crippen LogP) is 2.23. The van der Waals surface area contributed by atoms with Crippen LogP contribution in [0.25, 0.3) is 0 Å². The molecule has 1 amide bonds. The summed E-state index contributed by atoms with van der Waals surface area (Å²) in [5, 5.41) is 2.78. The zero-order valence-corrected chi connectivity index (χ0v) is 15.9. The fourth-order valence-electron chi connectivity index (χ4n) is 2.55. The summed E-state index contributed by atoms with van der Waals surface area (Å²) in [6.45, 7) is 4.21. The lowest BCUT2D eigenvalue weighted by Gasteiger charge is -2.20. The highest BCUT2D eigenvalue weighted by Crippen LogP contribution is 2.10. The molecule has 0 aliphatic heterocycles. The fraction of sp³-hybridized carbons (Fsp3) is 0.368. The van der Waals surface area contributed by atoms with Crippen molar-refractivity contribution >= 4 is 15.9 Å². The molecule has 0 fully saturated rings. The first-order valence-electron chi connectivity index (χ1n) is 8.56. The second-order valence-electron chi connectivity index (χ2n) is 6.62. The number of benzene rings is 1. The molecule has 1 aromatic heterocycles. The van der Waals surface area contributed by atoms with E-state index >= 15 is 0 Å². The van der Waals surface area contributed by atoms with Gasteiger partial charge in [0.2, 0.25) is 15.9 Å². The molecule has 0 spiro atoms. The van der Waals surface area contributed by atoms with E-state index in [0.29, 0.717) is 18.5 Å². The van der Waals surface area contributed by atoms with Gasteiger partial charge in [0, 0.05) is 18.9 Å². The molecule has 2 rings (SSSR count). The normalized spacial score (nSPS) is 12.7. The zero-order valence-electron chi connectivity index (χ0n) is 15.1. The van der Waals surface area contributed by atoms with Gasteiger partial charge in [-0.3, -0.25) is 9.78 Å². The maximum atomic E-state index is 12.5. The lowest BCUT2D eigenvalue weighted by Crippen LogP contribution is -2.47. The number of nitrogens with one attached hydrogen (secondary N) is 2. The molecule has 0 aliphatic carbocycles. The number of pyridine rings is 1. The highest BCUT2D eigenvalue weighted by atomic mass is 32.2. The van der Waals surface area contributed by atoms with E-state index in [0.717, 1.165) is 5.56 Å². The fourth-order valence-corrected chi connectivity index (χ4v) is 3.90. The molecule has 140 valence electrons. The minimum absolute atomic E-state index is 0.154. The van der Waals surface area contributed by atoms with Crippen molar-refractivity contribution in [3.05, 3.63) is 66.0 Å². The Bertz CT molecular complexity index is 793. The molecule has 26 heavy (non-hydrogen) atoms. The minimum atomic E-state index is -3.63.